The largest absolute Gasteiger partial charge is 2.00 e. The molecular formula is C26H20Cu2N4O12. The van der Waals surface area contributed by atoms with Gasteiger partial charge in [-0.15, -0.1) is 0 Å². The van der Waals surface area contributed by atoms with E-state index < -0.39 is 35.5 Å². The quantitative estimate of drug-likeness (QED) is 0.0826. The molecule has 0 atom stereocenters. The maximum atomic E-state index is 9.43. The van der Waals surface area contributed by atoms with Crippen LogP contribution in [0.15, 0.2) is 97.6 Å². The van der Waals surface area contributed by atoms with Gasteiger partial charge in [-0.05, 0) is 48.5 Å². The molecule has 0 aliphatic heterocycles. The van der Waals surface area contributed by atoms with E-state index in [4.69, 9.17) is 20.4 Å². The minimum absolute atomic E-state index is 0. The normalized spacial score (nSPS) is 9.73. The summed E-state index contributed by atoms with van der Waals surface area (Å²) < 4.78 is 0. The van der Waals surface area contributed by atoms with E-state index in [1.165, 1.54) is 0 Å². The van der Waals surface area contributed by atoms with Crippen molar-refractivity contribution in [3.63, 3.8) is 0 Å². The number of carboxylic acid groups (broad SMARTS) is 4. The molecule has 0 saturated carbocycles. The molecule has 0 spiro atoms. The van der Waals surface area contributed by atoms with Crippen LogP contribution in [-0.2, 0) is 53.3 Å². The van der Waals surface area contributed by atoms with Gasteiger partial charge in [-0.3, -0.25) is 19.9 Å². The minimum atomic E-state index is -3.89. The zero-order valence-electron chi connectivity index (χ0n) is 21.7. The molecule has 0 bridgehead atoms. The number of aliphatic carboxylic acids is 4. The maximum Gasteiger partial charge on any atom is 2.00 e. The Morgan fingerprint density at radius 3 is 0.705 bits per heavy atom. The summed E-state index contributed by atoms with van der Waals surface area (Å²) in [6, 6.07) is 23.2. The SMILES string of the molecule is O=C([O-])C(O)(O)C(=O)[O-].O=C([O-])C(O)(O)C(=O)[O-].[Cu+2].[Cu+2].c1ccc(-c2ccccn2)nc1.c1ccc(-c2ccccn2)nc1. The fraction of sp³-hybridized carbons (Fsp3) is 0.0769. The molecule has 0 aliphatic carbocycles. The second-order valence-electron chi connectivity index (χ2n) is 7.35. The zero-order valence-corrected chi connectivity index (χ0v) is 23.6. The summed E-state index contributed by atoms with van der Waals surface area (Å²) in [7, 11) is 0. The van der Waals surface area contributed by atoms with Gasteiger partial charge in [0.15, 0.2) is 0 Å². The molecule has 0 aromatic carbocycles. The van der Waals surface area contributed by atoms with Crippen LogP contribution in [0.3, 0.4) is 0 Å². The molecule has 0 unspecified atom stereocenters. The molecule has 0 amide bonds. The monoisotopic (exact) mass is 706 g/mol. The number of pyridine rings is 4. The van der Waals surface area contributed by atoms with Crippen molar-refractivity contribution in [1.82, 2.24) is 19.9 Å². The smallest absolute Gasteiger partial charge is 0.544 e. The first-order valence-electron chi connectivity index (χ1n) is 11.1. The molecule has 4 aromatic rings. The van der Waals surface area contributed by atoms with Gasteiger partial charge in [0, 0.05) is 24.8 Å². The number of rotatable bonds is 6. The van der Waals surface area contributed by atoms with Crippen molar-refractivity contribution in [3.8, 4) is 22.8 Å². The van der Waals surface area contributed by atoms with Crippen LogP contribution in [0, 0.1) is 0 Å². The summed E-state index contributed by atoms with van der Waals surface area (Å²) >= 11 is 0. The van der Waals surface area contributed by atoms with Crippen molar-refractivity contribution in [2.24, 2.45) is 0 Å². The van der Waals surface area contributed by atoms with Gasteiger partial charge in [0.1, 0.15) is 23.9 Å². The number of aromatic nitrogens is 4. The molecule has 4 N–H and O–H groups in total. The van der Waals surface area contributed by atoms with Gasteiger partial charge < -0.3 is 60.0 Å². The first-order chi connectivity index (χ1) is 19.7. The third-order valence-corrected chi connectivity index (χ3v) is 4.32. The Balaban J connectivity index is 0. The van der Waals surface area contributed by atoms with E-state index in [1.54, 1.807) is 24.8 Å². The van der Waals surface area contributed by atoms with Gasteiger partial charge >= 0.3 is 34.1 Å². The Morgan fingerprint density at radius 1 is 0.432 bits per heavy atom. The fourth-order valence-electron chi connectivity index (χ4n) is 2.22. The Labute approximate surface area is 269 Å². The van der Waals surface area contributed by atoms with E-state index in [0.29, 0.717) is 0 Å². The number of carbonyl (C=O) groups excluding carboxylic acids is 4. The van der Waals surface area contributed by atoms with Crippen LogP contribution < -0.4 is 20.4 Å². The standard InChI is InChI=1S/2C10H8N2.2C3H4O6.2Cu/c2*1-3-7-11-9(5-1)10-6-2-4-8-12-10;2*4-1(5)3(8,9)2(6)7;;/h2*1-8H;2*8-9H,(H,4,5)(H,6,7);;/q;;;;2*+2/p-4. The third-order valence-electron chi connectivity index (χ3n) is 4.32. The van der Waals surface area contributed by atoms with Crippen LogP contribution in [0.2, 0.25) is 0 Å². The molecule has 16 nitrogen and oxygen atoms in total. The first-order valence-corrected chi connectivity index (χ1v) is 11.1. The molecule has 2 radical (unpaired) electrons. The zero-order chi connectivity index (χ0) is 31.8. The number of aliphatic hydroxyl groups is 4. The summed E-state index contributed by atoms with van der Waals surface area (Å²) in [6.45, 7) is 0. The summed E-state index contributed by atoms with van der Waals surface area (Å²) in [6.07, 6.45) is 7.07. The summed E-state index contributed by atoms with van der Waals surface area (Å²) in [5, 5.41) is 69.3. The molecule has 4 rings (SSSR count). The van der Waals surface area contributed by atoms with Gasteiger partial charge in [-0.25, -0.2) is 0 Å². The van der Waals surface area contributed by atoms with Crippen LogP contribution in [0.5, 0.6) is 0 Å². The van der Waals surface area contributed by atoms with Crippen molar-refractivity contribution in [2.45, 2.75) is 11.6 Å². The minimum Gasteiger partial charge on any atom is -0.544 e. The molecule has 4 aromatic heterocycles. The predicted molar refractivity (Wildman–Crippen MR) is 129 cm³/mol. The van der Waals surface area contributed by atoms with E-state index in [2.05, 4.69) is 19.9 Å². The van der Waals surface area contributed by atoms with E-state index in [-0.39, 0.29) is 34.1 Å². The van der Waals surface area contributed by atoms with Gasteiger partial charge in [-0.2, -0.15) is 0 Å². The van der Waals surface area contributed by atoms with Crippen LogP contribution in [0.25, 0.3) is 22.8 Å². The van der Waals surface area contributed by atoms with Crippen molar-refractivity contribution in [1.29, 1.82) is 0 Å². The molecule has 18 heteroatoms. The van der Waals surface area contributed by atoms with Crippen molar-refractivity contribution in [3.05, 3.63) is 97.6 Å². The number of carboxylic acids is 4. The van der Waals surface area contributed by atoms with Gasteiger partial charge in [0.2, 0.25) is 11.6 Å². The molecule has 238 valence electrons. The Hall–Kier alpha value is -4.64. The van der Waals surface area contributed by atoms with Gasteiger partial charge in [0.05, 0.1) is 22.8 Å². The van der Waals surface area contributed by atoms with Gasteiger partial charge in [-0.1, -0.05) is 24.3 Å². The number of hydrogen-bond donors (Lipinski definition) is 4. The van der Waals surface area contributed by atoms with Crippen molar-refractivity contribution >= 4 is 23.9 Å². The van der Waals surface area contributed by atoms with Crippen molar-refractivity contribution in [2.75, 3.05) is 0 Å². The van der Waals surface area contributed by atoms with Crippen LogP contribution in [0.1, 0.15) is 0 Å². The van der Waals surface area contributed by atoms with E-state index in [9.17, 15) is 39.6 Å². The fourth-order valence-corrected chi connectivity index (χ4v) is 2.22. The molecule has 4 heterocycles. The number of nitrogens with zero attached hydrogens (tertiary/aromatic N) is 4. The summed E-state index contributed by atoms with van der Waals surface area (Å²) in [4.78, 5) is 54.5. The Kier molecular flexibility index (Phi) is 19.1. The third kappa shape index (κ3) is 14.0. The molecule has 0 fully saturated rings. The second kappa shape index (κ2) is 20.3. The van der Waals surface area contributed by atoms with E-state index >= 15 is 0 Å². The number of carbonyl (C=O) groups is 4. The van der Waals surface area contributed by atoms with Crippen LogP contribution in [0.4, 0.5) is 0 Å². The number of hydrogen-bond acceptors (Lipinski definition) is 16. The Morgan fingerprint density at radius 2 is 0.614 bits per heavy atom. The maximum absolute atomic E-state index is 9.43. The van der Waals surface area contributed by atoms with Gasteiger partial charge in [0.25, 0.3) is 0 Å². The molecule has 0 saturated heterocycles. The van der Waals surface area contributed by atoms with Crippen molar-refractivity contribution < 1.29 is 94.2 Å². The average molecular weight is 708 g/mol. The first kappa shape index (κ1) is 41.5. The molecular weight excluding hydrogens is 687 g/mol. The average Bonchev–Trinajstić information content (AvgIpc) is 2.99. The van der Waals surface area contributed by atoms with Crippen LogP contribution >= 0.6 is 0 Å². The summed E-state index contributed by atoms with van der Waals surface area (Å²) in [5.74, 6) is -17.9. The second-order valence-corrected chi connectivity index (χ2v) is 7.35. The molecule has 44 heavy (non-hydrogen) atoms. The Bertz CT molecular complexity index is 1220. The summed E-state index contributed by atoms with van der Waals surface area (Å²) in [5.41, 5.74) is 3.66. The van der Waals surface area contributed by atoms with E-state index in [0.717, 1.165) is 22.8 Å². The topological polar surface area (TPSA) is 293 Å². The molecule has 0 aliphatic rings. The predicted octanol–water partition coefficient (Wildman–Crippen LogP) is -5.38. The van der Waals surface area contributed by atoms with E-state index in [1.807, 2.05) is 72.8 Å². The van der Waals surface area contributed by atoms with Crippen LogP contribution in [-0.4, -0.2) is 75.8 Å².